The molecule has 1 saturated heterocycles. The Morgan fingerprint density at radius 3 is 2.64 bits per heavy atom. The van der Waals surface area contributed by atoms with Gasteiger partial charge >= 0.3 is 0 Å². The third-order valence-corrected chi connectivity index (χ3v) is 4.17. The average molecular weight is 306 g/mol. The number of benzene rings is 1. The van der Waals surface area contributed by atoms with Gasteiger partial charge in [-0.15, -0.1) is 0 Å². The van der Waals surface area contributed by atoms with Gasteiger partial charge in [0.25, 0.3) is 0 Å². The van der Waals surface area contributed by atoms with E-state index in [4.69, 9.17) is 4.74 Å². The quantitative estimate of drug-likeness (QED) is 0.753. The molecule has 1 fully saturated rings. The SMILES string of the molecule is COCCCNC(=O)CN1CCC(c2ccc(O)cc2)CC1. The molecular formula is C17H26N2O3. The topological polar surface area (TPSA) is 61.8 Å². The van der Waals surface area contributed by atoms with E-state index < -0.39 is 0 Å². The Balaban J connectivity index is 1.68. The molecule has 0 unspecified atom stereocenters. The summed E-state index contributed by atoms with van der Waals surface area (Å²) in [6.07, 6.45) is 2.97. The number of carbonyl (C=O) groups is 1. The summed E-state index contributed by atoms with van der Waals surface area (Å²) in [5.41, 5.74) is 1.28. The zero-order valence-corrected chi connectivity index (χ0v) is 13.3. The highest BCUT2D eigenvalue weighted by molar-refractivity contribution is 5.77. The minimum atomic E-state index is 0.0965. The molecular weight excluding hydrogens is 280 g/mol. The van der Waals surface area contributed by atoms with Crippen molar-refractivity contribution in [2.75, 3.05) is 39.9 Å². The lowest BCUT2D eigenvalue weighted by Gasteiger charge is -2.31. The number of aromatic hydroxyl groups is 1. The van der Waals surface area contributed by atoms with Gasteiger partial charge in [0.05, 0.1) is 6.54 Å². The highest BCUT2D eigenvalue weighted by atomic mass is 16.5. The first-order valence-corrected chi connectivity index (χ1v) is 7.96. The highest BCUT2D eigenvalue weighted by Crippen LogP contribution is 2.28. The van der Waals surface area contributed by atoms with Crippen LogP contribution in [0.25, 0.3) is 0 Å². The molecule has 1 aliphatic rings. The summed E-state index contributed by atoms with van der Waals surface area (Å²) in [6, 6.07) is 7.49. The maximum atomic E-state index is 11.8. The summed E-state index contributed by atoms with van der Waals surface area (Å²) in [6.45, 7) is 3.72. The van der Waals surface area contributed by atoms with E-state index in [0.717, 1.165) is 32.4 Å². The average Bonchev–Trinajstić information content (AvgIpc) is 2.53. The predicted molar refractivity (Wildman–Crippen MR) is 86.0 cm³/mol. The summed E-state index contributed by atoms with van der Waals surface area (Å²) in [4.78, 5) is 14.1. The van der Waals surface area contributed by atoms with Gasteiger partial charge in [-0.1, -0.05) is 12.1 Å². The van der Waals surface area contributed by atoms with Crippen LogP contribution in [0.2, 0.25) is 0 Å². The molecule has 5 nitrogen and oxygen atoms in total. The fraction of sp³-hybridized carbons (Fsp3) is 0.588. The summed E-state index contributed by atoms with van der Waals surface area (Å²) >= 11 is 0. The Morgan fingerprint density at radius 1 is 1.32 bits per heavy atom. The highest BCUT2D eigenvalue weighted by Gasteiger charge is 2.21. The molecule has 0 radical (unpaired) electrons. The minimum Gasteiger partial charge on any atom is -0.508 e. The van der Waals surface area contributed by atoms with Crippen LogP contribution in [0.15, 0.2) is 24.3 Å². The monoisotopic (exact) mass is 306 g/mol. The lowest BCUT2D eigenvalue weighted by molar-refractivity contribution is -0.122. The standard InChI is InChI=1S/C17H26N2O3/c1-22-12-2-9-18-17(21)13-19-10-7-15(8-11-19)14-3-5-16(20)6-4-14/h3-6,15,20H,2,7-13H2,1H3,(H,18,21). The maximum Gasteiger partial charge on any atom is 0.234 e. The number of nitrogens with one attached hydrogen (secondary N) is 1. The van der Waals surface area contributed by atoms with Crippen LogP contribution in [-0.4, -0.2) is 55.8 Å². The molecule has 1 amide bonds. The first kappa shape index (κ1) is 16.8. The van der Waals surface area contributed by atoms with Crippen LogP contribution in [-0.2, 0) is 9.53 Å². The molecule has 5 heteroatoms. The summed E-state index contributed by atoms with van der Waals surface area (Å²) < 4.78 is 4.96. The van der Waals surface area contributed by atoms with E-state index in [1.165, 1.54) is 5.56 Å². The van der Waals surface area contributed by atoms with Gasteiger partial charge in [-0.2, -0.15) is 0 Å². The van der Waals surface area contributed by atoms with E-state index in [0.29, 0.717) is 31.4 Å². The molecule has 2 N–H and O–H groups in total. The number of hydrogen-bond acceptors (Lipinski definition) is 4. The Labute approximate surface area is 132 Å². The molecule has 1 heterocycles. The lowest BCUT2D eigenvalue weighted by Crippen LogP contribution is -2.41. The molecule has 122 valence electrons. The molecule has 2 rings (SSSR count). The van der Waals surface area contributed by atoms with Crippen molar-refractivity contribution in [1.29, 1.82) is 0 Å². The van der Waals surface area contributed by atoms with Crippen LogP contribution in [0.3, 0.4) is 0 Å². The third kappa shape index (κ3) is 5.31. The summed E-state index contributed by atoms with van der Waals surface area (Å²) in [5, 5.41) is 12.3. The van der Waals surface area contributed by atoms with E-state index >= 15 is 0 Å². The lowest BCUT2D eigenvalue weighted by atomic mass is 9.89. The molecule has 0 aromatic heterocycles. The molecule has 0 atom stereocenters. The number of ether oxygens (including phenoxy) is 1. The van der Waals surface area contributed by atoms with Crippen LogP contribution in [0.5, 0.6) is 5.75 Å². The molecule has 0 aliphatic carbocycles. The Hall–Kier alpha value is -1.59. The zero-order valence-electron chi connectivity index (χ0n) is 13.3. The van der Waals surface area contributed by atoms with Gasteiger partial charge in [0.1, 0.15) is 5.75 Å². The normalized spacial score (nSPS) is 16.6. The van der Waals surface area contributed by atoms with Crippen LogP contribution < -0.4 is 5.32 Å². The van der Waals surface area contributed by atoms with E-state index in [-0.39, 0.29) is 5.91 Å². The number of hydrogen-bond donors (Lipinski definition) is 2. The number of carbonyl (C=O) groups excluding carboxylic acids is 1. The van der Waals surface area contributed by atoms with Crippen molar-refractivity contribution in [3.63, 3.8) is 0 Å². The summed E-state index contributed by atoms with van der Waals surface area (Å²) in [5.74, 6) is 0.937. The number of piperidine rings is 1. The Kier molecular flexibility index (Phi) is 6.68. The number of methoxy groups -OCH3 is 1. The van der Waals surface area contributed by atoms with Gasteiger partial charge in [-0.05, 0) is 56.0 Å². The zero-order chi connectivity index (χ0) is 15.8. The fourth-order valence-electron chi connectivity index (χ4n) is 2.87. The van der Waals surface area contributed by atoms with Gasteiger partial charge in [-0.3, -0.25) is 9.69 Å². The summed E-state index contributed by atoms with van der Waals surface area (Å²) in [7, 11) is 1.67. The van der Waals surface area contributed by atoms with Crippen molar-refractivity contribution in [2.45, 2.75) is 25.2 Å². The van der Waals surface area contributed by atoms with Crippen molar-refractivity contribution in [3.8, 4) is 5.75 Å². The van der Waals surface area contributed by atoms with Gasteiger partial charge in [0.15, 0.2) is 0 Å². The second kappa shape index (κ2) is 8.76. The maximum absolute atomic E-state index is 11.8. The molecule has 0 saturated carbocycles. The van der Waals surface area contributed by atoms with Crippen molar-refractivity contribution in [3.05, 3.63) is 29.8 Å². The molecule has 1 aliphatic heterocycles. The number of phenolic OH excluding ortho intramolecular Hbond substituents is 1. The fourth-order valence-corrected chi connectivity index (χ4v) is 2.87. The Morgan fingerprint density at radius 2 is 2.00 bits per heavy atom. The smallest absolute Gasteiger partial charge is 0.234 e. The molecule has 1 aromatic rings. The Bertz CT molecular complexity index is 453. The van der Waals surface area contributed by atoms with E-state index in [1.54, 1.807) is 19.2 Å². The number of phenols is 1. The van der Waals surface area contributed by atoms with Crippen LogP contribution in [0, 0.1) is 0 Å². The van der Waals surface area contributed by atoms with Crippen molar-refractivity contribution in [1.82, 2.24) is 10.2 Å². The molecule has 22 heavy (non-hydrogen) atoms. The number of likely N-dealkylation sites (tertiary alicyclic amines) is 1. The first-order chi connectivity index (χ1) is 10.7. The van der Waals surface area contributed by atoms with Crippen molar-refractivity contribution in [2.24, 2.45) is 0 Å². The second-order valence-electron chi connectivity index (χ2n) is 5.84. The van der Waals surface area contributed by atoms with Crippen LogP contribution in [0.1, 0.15) is 30.7 Å². The van der Waals surface area contributed by atoms with Crippen molar-refractivity contribution < 1.29 is 14.6 Å². The van der Waals surface area contributed by atoms with E-state index in [2.05, 4.69) is 10.2 Å². The van der Waals surface area contributed by atoms with Crippen LogP contribution >= 0.6 is 0 Å². The molecule has 0 spiro atoms. The van der Waals surface area contributed by atoms with Crippen molar-refractivity contribution >= 4 is 5.91 Å². The van der Waals surface area contributed by atoms with E-state index in [1.807, 2.05) is 12.1 Å². The van der Waals surface area contributed by atoms with Gasteiger partial charge in [0.2, 0.25) is 5.91 Å². The number of amides is 1. The largest absolute Gasteiger partial charge is 0.508 e. The predicted octanol–water partition coefficient (Wildman–Crippen LogP) is 1.72. The number of rotatable bonds is 7. The third-order valence-electron chi connectivity index (χ3n) is 4.17. The molecule has 1 aromatic carbocycles. The molecule has 0 bridgehead atoms. The first-order valence-electron chi connectivity index (χ1n) is 7.96. The number of nitrogens with zero attached hydrogens (tertiary/aromatic N) is 1. The van der Waals surface area contributed by atoms with Gasteiger partial charge in [0, 0.05) is 20.3 Å². The van der Waals surface area contributed by atoms with Crippen LogP contribution in [0.4, 0.5) is 0 Å². The van der Waals surface area contributed by atoms with Gasteiger partial charge < -0.3 is 15.2 Å². The second-order valence-corrected chi connectivity index (χ2v) is 5.84. The van der Waals surface area contributed by atoms with E-state index in [9.17, 15) is 9.90 Å². The van der Waals surface area contributed by atoms with Gasteiger partial charge in [-0.25, -0.2) is 0 Å². The minimum absolute atomic E-state index is 0.0965.